The molecule has 0 aliphatic heterocycles. The summed E-state index contributed by atoms with van der Waals surface area (Å²) >= 11 is 0. The van der Waals surface area contributed by atoms with Gasteiger partial charge < -0.3 is 0 Å². The van der Waals surface area contributed by atoms with Crippen LogP contribution in [0.1, 0.15) is 12.5 Å². The monoisotopic (exact) mass is 288 g/mol. The Morgan fingerprint density at radius 2 is 1.40 bits per heavy atom. The molecule has 2 rings (SSSR count). The first kappa shape index (κ1) is 14.4. The average molecular weight is 288 g/mol. The number of azo groups is 1. The van der Waals surface area contributed by atoms with Crippen molar-refractivity contribution in [3.63, 3.8) is 0 Å². The van der Waals surface area contributed by atoms with E-state index in [0.717, 1.165) is 11.3 Å². The number of hydrogen-bond donors (Lipinski definition) is 0. The topological polar surface area (TPSA) is 58.9 Å². The first-order chi connectivity index (χ1) is 9.59. The molecule has 5 heteroatoms. The molecule has 0 heterocycles. The second-order valence-electron chi connectivity index (χ2n) is 4.38. The molecule has 2 aromatic rings. The highest BCUT2D eigenvalue weighted by molar-refractivity contribution is 7.90. The van der Waals surface area contributed by atoms with Crippen LogP contribution in [0.4, 0.5) is 11.4 Å². The summed E-state index contributed by atoms with van der Waals surface area (Å²) in [5.41, 5.74) is 2.25. The van der Waals surface area contributed by atoms with Crippen molar-refractivity contribution in [1.82, 2.24) is 0 Å². The van der Waals surface area contributed by atoms with Crippen molar-refractivity contribution in [3.8, 4) is 0 Å². The molecule has 2 aromatic carbocycles. The molecule has 20 heavy (non-hydrogen) atoms. The zero-order valence-electron chi connectivity index (χ0n) is 11.2. The van der Waals surface area contributed by atoms with Crippen LogP contribution >= 0.6 is 0 Å². The van der Waals surface area contributed by atoms with Crippen molar-refractivity contribution in [3.05, 3.63) is 60.2 Å². The molecule has 0 unspecified atom stereocenters. The summed E-state index contributed by atoms with van der Waals surface area (Å²) in [5.74, 6) is 0.224. The van der Waals surface area contributed by atoms with Gasteiger partial charge in [0, 0.05) is 5.75 Å². The minimum atomic E-state index is -2.99. The fourth-order valence-corrected chi connectivity index (χ4v) is 2.53. The molecule has 0 spiro atoms. The van der Waals surface area contributed by atoms with Crippen LogP contribution in [-0.4, -0.2) is 14.2 Å². The van der Waals surface area contributed by atoms with Crippen molar-refractivity contribution in [2.75, 3.05) is 5.75 Å². The van der Waals surface area contributed by atoms with Gasteiger partial charge in [-0.2, -0.15) is 10.2 Å². The predicted molar refractivity (Wildman–Crippen MR) is 80.2 cm³/mol. The highest BCUT2D eigenvalue weighted by Crippen LogP contribution is 2.19. The maximum Gasteiger partial charge on any atom is 0.154 e. The van der Waals surface area contributed by atoms with E-state index in [1.165, 1.54) is 0 Å². The predicted octanol–water partition coefficient (Wildman–Crippen LogP) is 4.04. The SMILES string of the molecule is CCS(=O)(=O)Cc1ccc(N=Nc2ccccc2)cc1. The summed E-state index contributed by atoms with van der Waals surface area (Å²) in [6, 6.07) is 16.5. The van der Waals surface area contributed by atoms with E-state index in [1.54, 1.807) is 31.2 Å². The minimum Gasteiger partial charge on any atom is -0.229 e. The van der Waals surface area contributed by atoms with E-state index in [1.807, 2.05) is 30.3 Å². The lowest BCUT2D eigenvalue weighted by Gasteiger charge is -2.01. The second-order valence-corrected chi connectivity index (χ2v) is 6.73. The average Bonchev–Trinajstić information content (AvgIpc) is 2.47. The van der Waals surface area contributed by atoms with Gasteiger partial charge >= 0.3 is 0 Å². The van der Waals surface area contributed by atoms with Gasteiger partial charge in [0.1, 0.15) is 0 Å². The molecule has 0 amide bonds. The highest BCUT2D eigenvalue weighted by atomic mass is 32.2. The van der Waals surface area contributed by atoms with Crippen LogP contribution in [-0.2, 0) is 15.6 Å². The van der Waals surface area contributed by atoms with Gasteiger partial charge in [0.15, 0.2) is 9.84 Å². The molecule has 0 saturated heterocycles. The third-order valence-corrected chi connectivity index (χ3v) is 4.45. The van der Waals surface area contributed by atoms with Crippen molar-refractivity contribution in [1.29, 1.82) is 0 Å². The van der Waals surface area contributed by atoms with E-state index in [4.69, 9.17) is 0 Å². The van der Waals surface area contributed by atoms with Crippen molar-refractivity contribution >= 4 is 21.2 Å². The Hall–Kier alpha value is -2.01. The maximum absolute atomic E-state index is 11.5. The molecular formula is C15H16N2O2S. The molecule has 0 aliphatic rings. The smallest absolute Gasteiger partial charge is 0.154 e. The zero-order chi connectivity index (χ0) is 14.4. The molecule has 0 radical (unpaired) electrons. The minimum absolute atomic E-state index is 0.0691. The van der Waals surface area contributed by atoms with E-state index in [9.17, 15) is 8.42 Å². The summed E-state index contributed by atoms with van der Waals surface area (Å²) in [6.45, 7) is 1.65. The Bertz CT molecular complexity index is 678. The Morgan fingerprint density at radius 1 is 0.850 bits per heavy atom. The fourth-order valence-electron chi connectivity index (χ4n) is 1.62. The molecule has 0 aliphatic carbocycles. The summed E-state index contributed by atoms with van der Waals surface area (Å²) in [6.07, 6.45) is 0. The lowest BCUT2D eigenvalue weighted by atomic mass is 10.2. The molecule has 0 atom stereocenters. The normalized spacial score (nSPS) is 11.8. The van der Waals surface area contributed by atoms with E-state index in [0.29, 0.717) is 5.69 Å². The standard InChI is InChI=1S/C15H16N2O2S/c1-2-20(18,19)12-13-8-10-15(11-9-13)17-16-14-6-4-3-5-7-14/h3-11H,2,12H2,1H3. The zero-order valence-corrected chi connectivity index (χ0v) is 12.0. The Balaban J connectivity index is 2.07. The quantitative estimate of drug-likeness (QED) is 0.780. The van der Waals surface area contributed by atoms with E-state index in [2.05, 4.69) is 10.2 Å². The number of rotatable bonds is 5. The summed E-state index contributed by atoms with van der Waals surface area (Å²) < 4.78 is 23.0. The van der Waals surface area contributed by atoms with Crippen LogP contribution in [0, 0.1) is 0 Å². The van der Waals surface area contributed by atoms with Crippen molar-refractivity contribution in [2.45, 2.75) is 12.7 Å². The van der Waals surface area contributed by atoms with Gasteiger partial charge in [0.05, 0.1) is 17.1 Å². The molecule has 104 valence electrons. The molecule has 4 nitrogen and oxygen atoms in total. The molecule has 0 N–H and O–H groups in total. The number of benzene rings is 2. The lowest BCUT2D eigenvalue weighted by Crippen LogP contribution is -2.06. The van der Waals surface area contributed by atoms with Gasteiger partial charge in [-0.25, -0.2) is 8.42 Å². The van der Waals surface area contributed by atoms with E-state index in [-0.39, 0.29) is 11.5 Å². The van der Waals surface area contributed by atoms with Crippen LogP contribution in [0.2, 0.25) is 0 Å². The van der Waals surface area contributed by atoms with Crippen LogP contribution in [0.3, 0.4) is 0 Å². The number of hydrogen-bond acceptors (Lipinski definition) is 4. The van der Waals surface area contributed by atoms with Crippen LogP contribution in [0.15, 0.2) is 64.8 Å². The van der Waals surface area contributed by atoms with Gasteiger partial charge in [-0.15, -0.1) is 0 Å². The Kier molecular flexibility index (Phi) is 4.63. The molecular weight excluding hydrogens is 272 g/mol. The number of sulfone groups is 1. The highest BCUT2D eigenvalue weighted by Gasteiger charge is 2.08. The van der Waals surface area contributed by atoms with Gasteiger partial charge in [-0.1, -0.05) is 37.3 Å². The second kappa shape index (κ2) is 6.43. The summed E-state index contributed by atoms with van der Waals surface area (Å²) in [5, 5.41) is 8.21. The third-order valence-electron chi connectivity index (χ3n) is 2.80. The Labute approximate surface area is 119 Å². The maximum atomic E-state index is 11.5. The van der Waals surface area contributed by atoms with Crippen molar-refractivity contribution < 1.29 is 8.42 Å². The summed E-state index contributed by atoms with van der Waals surface area (Å²) in [4.78, 5) is 0. The third kappa shape index (κ3) is 4.28. The molecule has 0 bridgehead atoms. The van der Waals surface area contributed by atoms with Gasteiger partial charge in [0.25, 0.3) is 0 Å². The van der Waals surface area contributed by atoms with Crippen LogP contribution in [0.5, 0.6) is 0 Å². The van der Waals surface area contributed by atoms with E-state index < -0.39 is 9.84 Å². The van der Waals surface area contributed by atoms with Gasteiger partial charge in [0.2, 0.25) is 0 Å². The summed E-state index contributed by atoms with van der Waals surface area (Å²) in [7, 11) is -2.99. The lowest BCUT2D eigenvalue weighted by molar-refractivity contribution is 0.596. The van der Waals surface area contributed by atoms with Crippen LogP contribution in [0.25, 0.3) is 0 Å². The van der Waals surface area contributed by atoms with Gasteiger partial charge in [-0.3, -0.25) is 0 Å². The molecule has 0 aromatic heterocycles. The molecule has 0 saturated carbocycles. The fraction of sp³-hybridized carbons (Fsp3) is 0.200. The van der Waals surface area contributed by atoms with Crippen molar-refractivity contribution in [2.24, 2.45) is 10.2 Å². The Morgan fingerprint density at radius 3 is 1.95 bits per heavy atom. The largest absolute Gasteiger partial charge is 0.229 e. The molecule has 0 fully saturated rings. The van der Waals surface area contributed by atoms with Gasteiger partial charge in [-0.05, 0) is 29.8 Å². The first-order valence-electron chi connectivity index (χ1n) is 6.35. The van der Waals surface area contributed by atoms with Crippen LogP contribution < -0.4 is 0 Å². The van der Waals surface area contributed by atoms with E-state index >= 15 is 0 Å². The first-order valence-corrected chi connectivity index (χ1v) is 8.17. The number of nitrogens with zero attached hydrogens (tertiary/aromatic N) is 2.